The minimum absolute atomic E-state index is 0.0269. The molecule has 0 saturated carbocycles. The van der Waals surface area contributed by atoms with Gasteiger partial charge in [0.05, 0.1) is 50.6 Å². The van der Waals surface area contributed by atoms with E-state index < -0.39 is 0 Å². The van der Waals surface area contributed by atoms with Crippen molar-refractivity contribution in [3.05, 3.63) is 84.6 Å². The molecule has 0 radical (unpaired) electrons. The Morgan fingerprint density at radius 2 is 1.53 bits per heavy atom. The van der Waals surface area contributed by atoms with Crippen LogP contribution in [0.4, 0.5) is 0 Å². The highest BCUT2D eigenvalue weighted by Crippen LogP contribution is 2.29. The summed E-state index contributed by atoms with van der Waals surface area (Å²) in [6, 6.07) is 25.0. The van der Waals surface area contributed by atoms with Crippen LogP contribution in [0.15, 0.2) is 79.0 Å². The number of rotatable bonds is 12. The molecule has 0 atom stereocenters. The van der Waals surface area contributed by atoms with E-state index >= 15 is 0 Å². The topological polar surface area (TPSA) is 65.7 Å². The van der Waals surface area contributed by atoms with Crippen molar-refractivity contribution in [1.29, 1.82) is 0 Å². The maximum atomic E-state index is 8.65. The summed E-state index contributed by atoms with van der Waals surface area (Å²) in [5.74, 6) is 0.708. The highest BCUT2D eigenvalue weighted by Gasteiger charge is 2.12. The number of pyridine rings is 1. The van der Waals surface area contributed by atoms with Gasteiger partial charge >= 0.3 is 0 Å². The maximum absolute atomic E-state index is 8.65. The van der Waals surface area contributed by atoms with Crippen LogP contribution in [0.3, 0.4) is 0 Å². The molecular weight excluding hydrogens is 404 g/mol. The van der Waals surface area contributed by atoms with Crippen molar-refractivity contribution in [3.8, 4) is 17.1 Å². The molecule has 0 saturated heterocycles. The van der Waals surface area contributed by atoms with Crippen LogP contribution >= 0.6 is 0 Å². The third-order valence-electron chi connectivity index (χ3n) is 5.10. The molecule has 0 aliphatic heterocycles. The zero-order valence-electron chi connectivity index (χ0n) is 18.0. The van der Waals surface area contributed by atoms with E-state index in [2.05, 4.69) is 64.1 Å². The van der Waals surface area contributed by atoms with Crippen molar-refractivity contribution >= 4 is 10.9 Å². The number of ether oxygens (including phenoxy) is 3. The van der Waals surface area contributed by atoms with Gasteiger partial charge in [0.1, 0.15) is 12.4 Å². The molecule has 166 valence electrons. The molecule has 6 nitrogen and oxygen atoms in total. The lowest BCUT2D eigenvalue weighted by Gasteiger charge is -2.12. The normalized spacial score (nSPS) is 11.2. The first-order valence-electron chi connectivity index (χ1n) is 10.8. The van der Waals surface area contributed by atoms with Gasteiger partial charge < -0.3 is 23.9 Å². The fourth-order valence-electron chi connectivity index (χ4n) is 3.58. The summed E-state index contributed by atoms with van der Waals surface area (Å²) in [6.07, 6.45) is 1.75. The lowest BCUT2D eigenvalue weighted by Crippen LogP contribution is -2.12. The van der Waals surface area contributed by atoms with Crippen LogP contribution < -0.4 is 4.74 Å². The van der Waals surface area contributed by atoms with E-state index in [0.29, 0.717) is 38.8 Å². The Labute approximate surface area is 188 Å². The van der Waals surface area contributed by atoms with Crippen molar-refractivity contribution in [1.82, 2.24) is 9.55 Å². The number of aromatic nitrogens is 2. The zero-order chi connectivity index (χ0) is 22.0. The fourth-order valence-corrected chi connectivity index (χ4v) is 3.58. The molecule has 2 aromatic heterocycles. The molecule has 1 N–H and O–H groups in total. The molecule has 0 bridgehead atoms. The average Bonchev–Trinajstić information content (AvgIpc) is 3.20. The van der Waals surface area contributed by atoms with Crippen LogP contribution in [0.2, 0.25) is 0 Å². The van der Waals surface area contributed by atoms with Gasteiger partial charge in [-0.2, -0.15) is 0 Å². The fraction of sp³-hybridized carbons (Fsp3) is 0.269. The second kappa shape index (κ2) is 11.4. The second-order valence-corrected chi connectivity index (χ2v) is 7.34. The predicted octanol–water partition coefficient (Wildman–Crippen LogP) is 4.16. The van der Waals surface area contributed by atoms with Crippen molar-refractivity contribution in [2.24, 2.45) is 0 Å². The van der Waals surface area contributed by atoms with Crippen molar-refractivity contribution in [2.45, 2.75) is 6.54 Å². The van der Waals surface area contributed by atoms with Gasteiger partial charge in [-0.25, -0.2) is 0 Å². The minimum atomic E-state index is 0.0269. The highest BCUT2D eigenvalue weighted by molar-refractivity contribution is 5.86. The molecule has 2 aromatic carbocycles. The minimum Gasteiger partial charge on any atom is -0.490 e. The van der Waals surface area contributed by atoms with Crippen LogP contribution in [0.1, 0.15) is 5.56 Å². The zero-order valence-corrected chi connectivity index (χ0v) is 18.0. The first kappa shape index (κ1) is 22.0. The Morgan fingerprint density at radius 3 is 2.31 bits per heavy atom. The Hall–Kier alpha value is -3.19. The summed E-state index contributed by atoms with van der Waals surface area (Å²) < 4.78 is 18.6. The lowest BCUT2D eigenvalue weighted by atomic mass is 10.2. The molecule has 4 aromatic rings. The van der Waals surface area contributed by atoms with Crippen molar-refractivity contribution in [2.75, 3.05) is 39.6 Å². The number of aliphatic hydroxyl groups excluding tert-OH is 1. The molecule has 2 heterocycles. The van der Waals surface area contributed by atoms with Crippen molar-refractivity contribution < 1.29 is 19.3 Å². The van der Waals surface area contributed by atoms with Gasteiger partial charge in [0, 0.05) is 17.4 Å². The van der Waals surface area contributed by atoms with E-state index in [-0.39, 0.29) is 6.61 Å². The van der Waals surface area contributed by atoms with E-state index in [0.717, 1.165) is 17.9 Å². The summed E-state index contributed by atoms with van der Waals surface area (Å²) in [5, 5.41) is 9.85. The van der Waals surface area contributed by atoms with Gasteiger partial charge in [-0.1, -0.05) is 48.5 Å². The van der Waals surface area contributed by atoms with E-state index in [9.17, 15) is 0 Å². The first-order valence-corrected chi connectivity index (χ1v) is 10.8. The SMILES string of the molecule is OCCOCCOCCOc1ccc(-c2cc3ccccc3n2Cc2ccccc2)nc1. The smallest absolute Gasteiger partial charge is 0.137 e. The molecule has 4 rings (SSSR count). The molecule has 6 heteroatoms. The van der Waals surface area contributed by atoms with Crippen LogP contribution in [0.25, 0.3) is 22.3 Å². The van der Waals surface area contributed by atoms with Crippen molar-refractivity contribution in [3.63, 3.8) is 0 Å². The first-order chi connectivity index (χ1) is 15.8. The number of hydrogen-bond donors (Lipinski definition) is 1. The molecular formula is C26H28N2O4. The monoisotopic (exact) mass is 432 g/mol. The third-order valence-corrected chi connectivity index (χ3v) is 5.10. The van der Waals surface area contributed by atoms with Gasteiger partial charge in [0.25, 0.3) is 0 Å². The van der Waals surface area contributed by atoms with E-state index in [4.69, 9.17) is 19.3 Å². The highest BCUT2D eigenvalue weighted by atomic mass is 16.5. The summed E-state index contributed by atoms with van der Waals surface area (Å²) >= 11 is 0. The Morgan fingerprint density at radius 1 is 0.781 bits per heavy atom. The molecule has 0 spiro atoms. The lowest BCUT2D eigenvalue weighted by molar-refractivity contribution is 0.0247. The molecule has 0 aliphatic carbocycles. The molecule has 0 unspecified atom stereocenters. The molecule has 0 amide bonds. The van der Waals surface area contributed by atoms with Crippen LogP contribution in [-0.4, -0.2) is 54.3 Å². The summed E-state index contributed by atoms with van der Waals surface area (Å²) in [7, 11) is 0. The van der Waals surface area contributed by atoms with E-state index in [1.807, 2.05) is 18.2 Å². The summed E-state index contributed by atoms with van der Waals surface area (Å²) in [4.78, 5) is 4.66. The number of hydrogen-bond acceptors (Lipinski definition) is 5. The van der Waals surface area contributed by atoms with Gasteiger partial charge in [-0.15, -0.1) is 0 Å². The molecule has 0 aliphatic rings. The van der Waals surface area contributed by atoms with Crippen LogP contribution in [0.5, 0.6) is 5.75 Å². The maximum Gasteiger partial charge on any atom is 0.137 e. The van der Waals surface area contributed by atoms with Crippen LogP contribution in [0, 0.1) is 0 Å². The molecule has 32 heavy (non-hydrogen) atoms. The second-order valence-electron chi connectivity index (χ2n) is 7.34. The van der Waals surface area contributed by atoms with E-state index in [1.54, 1.807) is 6.20 Å². The third kappa shape index (κ3) is 5.73. The number of fused-ring (bicyclic) bond motifs is 1. The number of para-hydroxylation sites is 1. The van der Waals surface area contributed by atoms with Crippen LogP contribution in [-0.2, 0) is 16.0 Å². The quantitative estimate of drug-likeness (QED) is 0.341. The van der Waals surface area contributed by atoms with E-state index in [1.165, 1.54) is 16.5 Å². The Balaban J connectivity index is 1.41. The Bertz CT molecular complexity index is 1090. The Kier molecular flexibility index (Phi) is 7.87. The summed E-state index contributed by atoms with van der Waals surface area (Å²) in [6.45, 7) is 3.00. The summed E-state index contributed by atoms with van der Waals surface area (Å²) in [5.41, 5.74) is 4.42. The van der Waals surface area contributed by atoms with Gasteiger partial charge in [-0.05, 0) is 29.8 Å². The number of nitrogens with zero attached hydrogens (tertiary/aromatic N) is 2. The molecule has 0 fully saturated rings. The predicted molar refractivity (Wildman–Crippen MR) is 125 cm³/mol. The largest absolute Gasteiger partial charge is 0.490 e. The standard InChI is InChI=1S/C26H28N2O4/c29-12-13-30-14-15-31-16-17-32-23-10-11-24(27-19-23)26-18-22-8-4-5-9-25(22)28(26)20-21-6-2-1-3-7-21/h1-11,18-19,29H,12-17,20H2. The van der Waals surface area contributed by atoms with Gasteiger partial charge in [0.2, 0.25) is 0 Å². The average molecular weight is 433 g/mol. The van der Waals surface area contributed by atoms with Gasteiger partial charge in [0.15, 0.2) is 0 Å². The number of aliphatic hydroxyl groups is 1. The van der Waals surface area contributed by atoms with Gasteiger partial charge in [-0.3, -0.25) is 4.98 Å². The number of benzene rings is 2.